The van der Waals surface area contributed by atoms with Gasteiger partial charge in [-0.05, 0) is 62.7 Å². The lowest BCUT2D eigenvalue weighted by molar-refractivity contribution is -0.147. The molecule has 1 saturated heterocycles. The first-order valence-corrected chi connectivity index (χ1v) is 12.8. The number of carbonyl (C=O) groups excluding carboxylic acids is 3. The molecule has 2 aromatic carbocycles. The summed E-state index contributed by atoms with van der Waals surface area (Å²) in [5.41, 5.74) is 0.199. The van der Waals surface area contributed by atoms with E-state index in [1.165, 1.54) is 0 Å². The number of ether oxygens (including phenoxy) is 3. The van der Waals surface area contributed by atoms with Gasteiger partial charge in [0, 0.05) is 36.1 Å². The normalized spacial score (nSPS) is 15.8. The van der Waals surface area contributed by atoms with Gasteiger partial charge in [0.25, 0.3) is 0 Å². The van der Waals surface area contributed by atoms with Crippen molar-refractivity contribution in [1.29, 1.82) is 0 Å². The van der Waals surface area contributed by atoms with Gasteiger partial charge in [-0.15, -0.1) is 0 Å². The summed E-state index contributed by atoms with van der Waals surface area (Å²) in [4.78, 5) is 41.3. The number of carbonyl (C=O) groups is 3. The summed E-state index contributed by atoms with van der Waals surface area (Å²) >= 11 is 11.8. The van der Waals surface area contributed by atoms with Crippen LogP contribution >= 0.6 is 23.2 Å². The van der Waals surface area contributed by atoms with Crippen LogP contribution in [0.5, 0.6) is 5.75 Å². The molecule has 1 aliphatic heterocycles. The summed E-state index contributed by atoms with van der Waals surface area (Å²) in [6.07, 6.45) is 0.115. The summed E-state index contributed by atoms with van der Waals surface area (Å²) in [6.45, 7) is 6.22. The van der Waals surface area contributed by atoms with Crippen LogP contribution in [-0.4, -0.2) is 72.3 Å². The monoisotopic (exact) mass is 550 g/mol. The zero-order chi connectivity index (χ0) is 27.0. The summed E-state index contributed by atoms with van der Waals surface area (Å²) in [5.74, 6) is -0.0886. The Bertz CT molecular complexity index is 1070. The maximum absolute atomic E-state index is 13.0. The molecule has 200 valence electrons. The molecule has 0 radical (unpaired) electrons. The van der Waals surface area contributed by atoms with E-state index in [1.807, 2.05) is 12.1 Å². The lowest BCUT2D eigenvalue weighted by Gasteiger charge is -2.41. The molecule has 10 heteroatoms. The highest BCUT2D eigenvalue weighted by molar-refractivity contribution is 6.30. The third-order valence-electron chi connectivity index (χ3n) is 5.62. The maximum atomic E-state index is 13.0. The van der Waals surface area contributed by atoms with Gasteiger partial charge >= 0.3 is 12.1 Å². The highest BCUT2D eigenvalue weighted by Crippen LogP contribution is 2.20. The molecule has 0 bridgehead atoms. The molecule has 37 heavy (non-hydrogen) atoms. The molecule has 0 aromatic heterocycles. The van der Waals surface area contributed by atoms with Crippen molar-refractivity contribution in [3.63, 3.8) is 0 Å². The number of piperazine rings is 1. The van der Waals surface area contributed by atoms with Crippen molar-refractivity contribution in [2.45, 2.75) is 45.3 Å². The zero-order valence-electron chi connectivity index (χ0n) is 21.2. The highest BCUT2D eigenvalue weighted by atomic mass is 35.5. The van der Waals surface area contributed by atoms with E-state index < -0.39 is 17.7 Å². The van der Waals surface area contributed by atoms with Crippen LogP contribution in [0.1, 0.15) is 32.8 Å². The van der Waals surface area contributed by atoms with Crippen LogP contribution in [0.25, 0.3) is 0 Å². The van der Waals surface area contributed by atoms with Crippen molar-refractivity contribution in [1.82, 2.24) is 9.80 Å². The minimum Gasteiger partial charge on any atom is -0.482 e. The molecular formula is C27H32Cl2N2O6. The summed E-state index contributed by atoms with van der Waals surface area (Å²) in [6, 6.07) is 13.4. The van der Waals surface area contributed by atoms with E-state index >= 15 is 0 Å². The number of esters is 1. The molecule has 1 aliphatic rings. The number of rotatable bonds is 8. The fourth-order valence-corrected chi connectivity index (χ4v) is 4.05. The molecular weight excluding hydrogens is 519 g/mol. The van der Waals surface area contributed by atoms with Gasteiger partial charge in [-0.2, -0.15) is 0 Å². The average molecular weight is 551 g/mol. The zero-order valence-corrected chi connectivity index (χ0v) is 22.8. The first-order chi connectivity index (χ1) is 17.5. The lowest BCUT2D eigenvalue weighted by Crippen LogP contribution is -2.57. The Balaban J connectivity index is 1.57. The van der Waals surface area contributed by atoms with E-state index in [9.17, 15) is 14.4 Å². The molecule has 0 N–H and O–H groups in total. The number of halogens is 2. The highest BCUT2D eigenvalue weighted by Gasteiger charge is 2.35. The van der Waals surface area contributed by atoms with Crippen LogP contribution in [-0.2, 0) is 25.5 Å². The van der Waals surface area contributed by atoms with Crippen LogP contribution in [0.15, 0.2) is 48.5 Å². The molecule has 1 heterocycles. The molecule has 0 spiro atoms. The Morgan fingerprint density at radius 2 is 1.57 bits per heavy atom. The van der Waals surface area contributed by atoms with Crippen molar-refractivity contribution in [3.8, 4) is 5.75 Å². The number of nitrogens with zero attached hydrogens (tertiary/aromatic N) is 2. The Morgan fingerprint density at radius 1 is 0.946 bits per heavy atom. The van der Waals surface area contributed by atoms with Crippen molar-refractivity contribution in [2.75, 3.05) is 32.8 Å². The number of hydrogen-bond acceptors (Lipinski definition) is 6. The largest absolute Gasteiger partial charge is 0.482 e. The van der Waals surface area contributed by atoms with E-state index in [2.05, 4.69) is 0 Å². The minimum absolute atomic E-state index is 0.0514. The summed E-state index contributed by atoms with van der Waals surface area (Å²) in [5, 5.41) is 1.17. The molecule has 0 aliphatic carbocycles. The quantitative estimate of drug-likeness (QED) is 0.430. The Kier molecular flexibility index (Phi) is 10.1. The van der Waals surface area contributed by atoms with E-state index in [4.69, 9.17) is 37.4 Å². The van der Waals surface area contributed by atoms with Gasteiger partial charge < -0.3 is 24.0 Å². The fourth-order valence-electron chi connectivity index (χ4n) is 3.80. The van der Waals surface area contributed by atoms with Crippen molar-refractivity contribution in [3.05, 3.63) is 64.1 Å². The van der Waals surface area contributed by atoms with E-state index in [-0.39, 0.29) is 31.6 Å². The lowest BCUT2D eigenvalue weighted by atomic mass is 10.1. The molecule has 8 nitrogen and oxygen atoms in total. The fraction of sp³-hybridized carbons (Fsp3) is 0.444. The second-order valence-electron chi connectivity index (χ2n) is 9.72. The molecule has 1 atom stereocenters. The number of amides is 2. The first-order valence-electron chi connectivity index (χ1n) is 12.1. The second-order valence-corrected chi connectivity index (χ2v) is 10.6. The van der Waals surface area contributed by atoms with Gasteiger partial charge in [0.15, 0.2) is 6.61 Å². The Morgan fingerprint density at radius 3 is 2.19 bits per heavy atom. The molecule has 0 saturated carbocycles. The van der Waals surface area contributed by atoms with Crippen LogP contribution in [0, 0.1) is 0 Å². The van der Waals surface area contributed by atoms with Crippen LogP contribution in [0.2, 0.25) is 10.0 Å². The summed E-state index contributed by atoms with van der Waals surface area (Å²) in [7, 11) is 0. The van der Waals surface area contributed by atoms with Gasteiger partial charge in [0.2, 0.25) is 5.91 Å². The van der Waals surface area contributed by atoms with Crippen molar-refractivity contribution < 1.29 is 28.6 Å². The Labute approximate surface area is 227 Å². The van der Waals surface area contributed by atoms with Gasteiger partial charge in [0.05, 0.1) is 19.1 Å². The molecule has 2 amide bonds. The predicted molar refractivity (Wildman–Crippen MR) is 141 cm³/mol. The smallest absolute Gasteiger partial charge is 0.410 e. The molecule has 1 unspecified atom stereocenters. The first kappa shape index (κ1) is 28.6. The van der Waals surface area contributed by atoms with Gasteiger partial charge in [-0.1, -0.05) is 35.3 Å². The third kappa shape index (κ3) is 9.44. The number of benzene rings is 2. The second kappa shape index (κ2) is 13.0. The standard InChI is InChI=1S/C27H32Cl2N2O6/c1-27(2,3)37-26(34)31-14-13-30(24(32)16-19-4-6-20(28)7-5-19)17-22(31)12-15-35-25(33)18-36-23-10-8-21(29)9-11-23/h4-11,22H,12-18H2,1-3H3. The van der Waals surface area contributed by atoms with Crippen LogP contribution in [0.3, 0.4) is 0 Å². The topological polar surface area (TPSA) is 85.4 Å². The SMILES string of the molecule is CC(C)(C)OC(=O)N1CCN(C(=O)Cc2ccc(Cl)cc2)CC1CCOC(=O)COc1ccc(Cl)cc1. The minimum atomic E-state index is -0.658. The van der Waals surface area contributed by atoms with Crippen molar-refractivity contribution >= 4 is 41.2 Å². The van der Waals surface area contributed by atoms with E-state index in [0.717, 1.165) is 5.56 Å². The summed E-state index contributed by atoms with van der Waals surface area (Å²) < 4.78 is 16.3. The maximum Gasteiger partial charge on any atom is 0.410 e. The Hall–Kier alpha value is -2.97. The van der Waals surface area contributed by atoms with Gasteiger partial charge in [-0.25, -0.2) is 9.59 Å². The van der Waals surface area contributed by atoms with Crippen LogP contribution < -0.4 is 4.74 Å². The predicted octanol–water partition coefficient (Wildman–Crippen LogP) is 5.00. The third-order valence-corrected chi connectivity index (χ3v) is 6.12. The number of hydrogen-bond donors (Lipinski definition) is 0. The van der Waals surface area contributed by atoms with Gasteiger partial charge in [-0.3, -0.25) is 4.79 Å². The van der Waals surface area contributed by atoms with Crippen LogP contribution in [0.4, 0.5) is 4.79 Å². The molecule has 2 aromatic rings. The average Bonchev–Trinajstić information content (AvgIpc) is 2.84. The molecule has 3 rings (SSSR count). The van der Waals surface area contributed by atoms with Crippen molar-refractivity contribution in [2.24, 2.45) is 0 Å². The van der Waals surface area contributed by atoms with E-state index in [0.29, 0.717) is 41.8 Å². The van der Waals surface area contributed by atoms with Gasteiger partial charge in [0.1, 0.15) is 11.4 Å². The van der Waals surface area contributed by atoms with E-state index in [1.54, 1.807) is 67.0 Å². The molecule has 1 fully saturated rings.